The zero-order valence-corrected chi connectivity index (χ0v) is 18.3. The molecular weight excluding hydrogens is 445 g/mol. The first kappa shape index (κ1) is 21.7. The van der Waals surface area contributed by atoms with Crippen molar-refractivity contribution in [3.05, 3.63) is 47.0 Å². The number of hydrogen-bond donors (Lipinski definition) is 2. The molecule has 0 unspecified atom stereocenters. The highest BCUT2D eigenvalue weighted by molar-refractivity contribution is 14.0. The average Bonchev–Trinajstić information content (AvgIpc) is 3.06. The van der Waals surface area contributed by atoms with Crippen molar-refractivity contribution in [2.75, 3.05) is 32.1 Å². The summed E-state index contributed by atoms with van der Waals surface area (Å²) in [5, 5.41) is 9.76. The summed E-state index contributed by atoms with van der Waals surface area (Å²) in [6, 6.07) is 10.6. The first-order chi connectivity index (χ1) is 11.7. The van der Waals surface area contributed by atoms with Gasteiger partial charge in [-0.25, -0.2) is 9.98 Å². The van der Waals surface area contributed by atoms with Gasteiger partial charge in [-0.1, -0.05) is 30.3 Å². The number of aromatic nitrogens is 1. The summed E-state index contributed by atoms with van der Waals surface area (Å²) in [4.78, 5) is 11.2. The van der Waals surface area contributed by atoms with E-state index in [1.54, 1.807) is 11.3 Å². The van der Waals surface area contributed by atoms with Crippen LogP contribution in [0.1, 0.15) is 24.6 Å². The van der Waals surface area contributed by atoms with Gasteiger partial charge in [-0.05, 0) is 25.3 Å². The largest absolute Gasteiger partial charge is 0.357 e. The van der Waals surface area contributed by atoms with Crippen molar-refractivity contribution in [3.8, 4) is 0 Å². The highest BCUT2D eigenvalue weighted by atomic mass is 127. The quantitative estimate of drug-likeness (QED) is 0.267. The molecule has 1 heterocycles. The summed E-state index contributed by atoms with van der Waals surface area (Å²) in [5.41, 5.74) is 2.38. The lowest BCUT2D eigenvalue weighted by atomic mass is 10.1. The van der Waals surface area contributed by atoms with E-state index in [0.717, 1.165) is 42.7 Å². The molecule has 1 aromatic carbocycles. The lowest BCUT2D eigenvalue weighted by Crippen LogP contribution is -2.37. The van der Waals surface area contributed by atoms with E-state index in [9.17, 15) is 0 Å². The van der Waals surface area contributed by atoms with Crippen LogP contribution in [-0.4, -0.2) is 38.1 Å². The number of benzene rings is 1. The molecular formula is C18H28IN5S. The molecule has 0 saturated carbocycles. The fourth-order valence-electron chi connectivity index (χ4n) is 2.22. The minimum Gasteiger partial charge on any atom is -0.357 e. The number of aryl methyl sites for hydroxylation is 1. The molecule has 0 fully saturated rings. The Morgan fingerprint density at radius 3 is 2.60 bits per heavy atom. The standard InChI is InChI=1S/C18H27N5S.HI/c1-4-19-17(20-12-8-11-15-9-6-5-7-10-15)21-13-16-14-24-18(22-16)23(2)3;/h5-7,9-10,14H,4,8,11-13H2,1-3H3,(H2,19,20,21);1H. The van der Waals surface area contributed by atoms with Gasteiger partial charge in [-0.2, -0.15) is 0 Å². The predicted octanol–water partition coefficient (Wildman–Crippen LogP) is 3.52. The van der Waals surface area contributed by atoms with Gasteiger partial charge >= 0.3 is 0 Å². The Bertz CT molecular complexity index is 627. The molecule has 5 nitrogen and oxygen atoms in total. The molecule has 7 heteroatoms. The lowest BCUT2D eigenvalue weighted by Gasteiger charge is -2.11. The highest BCUT2D eigenvalue weighted by Crippen LogP contribution is 2.18. The van der Waals surface area contributed by atoms with Crippen molar-refractivity contribution in [2.45, 2.75) is 26.3 Å². The number of thiazole rings is 1. The minimum absolute atomic E-state index is 0. The van der Waals surface area contributed by atoms with Crippen LogP contribution in [0.15, 0.2) is 40.7 Å². The normalized spacial score (nSPS) is 10.9. The molecule has 0 atom stereocenters. The van der Waals surface area contributed by atoms with Gasteiger partial charge in [0.2, 0.25) is 0 Å². The Labute approximate surface area is 172 Å². The minimum atomic E-state index is 0. The maximum absolute atomic E-state index is 4.62. The van der Waals surface area contributed by atoms with Crippen LogP contribution in [0.25, 0.3) is 0 Å². The van der Waals surface area contributed by atoms with E-state index in [0.29, 0.717) is 6.54 Å². The SMILES string of the molecule is CCNC(=NCc1csc(N(C)C)n1)NCCCc1ccccc1.I. The maximum Gasteiger partial charge on any atom is 0.191 e. The number of nitrogens with zero attached hydrogens (tertiary/aromatic N) is 3. The second-order valence-electron chi connectivity index (χ2n) is 5.73. The number of hydrogen-bond acceptors (Lipinski definition) is 4. The van der Waals surface area contributed by atoms with Gasteiger partial charge < -0.3 is 15.5 Å². The Morgan fingerprint density at radius 2 is 1.96 bits per heavy atom. The molecule has 0 saturated heterocycles. The van der Waals surface area contributed by atoms with Crippen molar-refractivity contribution in [1.82, 2.24) is 15.6 Å². The van der Waals surface area contributed by atoms with Gasteiger partial charge in [-0.15, -0.1) is 35.3 Å². The van der Waals surface area contributed by atoms with Crippen LogP contribution in [0.3, 0.4) is 0 Å². The molecule has 2 N–H and O–H groups in total. The predicted molar refractivity (Wildman–Crippen MR) is 119 cm³/mol. The fourth-order valence-corrected chi connectivity index (χ4v) is 2.97. The summed E-state index contributed by atoms with van der Waals surface area (Å²) >= 11 is 1.65. The summed E-state index contributed by atoms with van der Waals surface area (Å²) in [6.45, 7) is 4.43. The molecule has 2 rings (SSSR count). The van der Waals surface area contributed by atoms with Crippen molar-refractivity contribution in [1.29, 1.82) is 0 Å². The number of halogens is 1. The van der Waals surface area contributed by atoms with Crippen molar-refractivity contribution in [2.24, 2.45) is 4.99 Å². The molecule has 0 amide bonds. The second-order valence-corrected chi connectivity index (χ2v) is 6.56. The van der Waals surface area contributed by atoms with E-state index in [-0.39, 0.29) is 24.0 Å². The third-order valence-corrected chi connectivity index (χ3v) is 4.50. The molecule has 0 bridgehead atoms. The lowest BCUT2D eigenvalue weighted by molar-refractivity contribution is 0.743. The van der Waals surface area contributed by atoms with Gasteiger partial charge in [-0.3, -0.25) is 0 Å². The van der Waals surface area contributed by atoms with E-state index in [2.05, 4.69) is 63.2 Å². The molecule has 25 heavy (non-hydrogen) atoms. The number of rotatable bonds is 8. The van der Waals surface area contributed by atoms with E-state index >= 15 is 0 Å². The molecule has 2 aromatic rings. The van der Waals surface area contributed by atoms with Crippen LogP contribution in [-0.2, 0) is 13.0 Å². The van der Waals surface area contributed by atoms with E-state index in [1.807, 2.05) is 19.0 Å². The van der Waals surface area contributed by atoms with Crippen molar-refractivity contribution < 1.29 is 0 Å². The topological polar surface area (TPSA) is 52.6 Å². The first-order valence-corrected chi connectivity index (χ1v) is 9.25. The zero-order chi connectivity index (χ0) is 17.2. The zero-order valence-electron chi connectivity index (χ0n) is 15.2. The number of guanidine groups is 1. The van der Waals surface area contributed by atoms with Crippen molar-refractivity contribution in [3.63, 3.8) is 0 Å². The molecule has 0 spiro atoms. The Balaban J connectivity index is 0.00000312. The van der Waals surface area contributed by atoms with Crippen LogP contribution in [0, 0.1) is 0 Å². The van der Waals surface area contributed by atoms with Crippen molar-refractivity contribution >= 4 is 46.4 Å². The van der Waals surface area contributed by atoms with Gasteiger partial charge in [0.1, 0.15) is 0 Å². The number of anilines is 1. The van der Waals surface area contributed by atoms with E-state index < -0.39 is 0 Å². The molecule has 0 aliphatic heterocycles. The Kier molecular flexibility index (Phi) is 10.5. The van der Waals surface area contributed by atoms with Gasteiger partial charge in [0.25, 0.3) is 0 Å². The van der Waals surface area contributed by atoms with Gasteiger partial charge in [0.15, 0.2) is 11.1 Å². The smallest absolute Gasteiger partial charge is 0.191 e. The first-order valence-electron chi connectivity index (χ1n) is 8.37. The molecule has 0 aliphatic carbocycles. The average molecular weight is 473 g/mol. The van der Waals surface area contributed by atoms with Crippen LogP contribution in [0.5, 0.6) is 0 Å². The van der Waals surface area contributed by atoms with Gasteiger partial charge in [0.05, 0.1) is 12.2 Å². The van der Waals surface area contributed by atoms with Crippen LogP contribution < -0.4 is 15.5 Å². The van der Waals surface area contributed by atoms with Crippen LogP contribution in [0.4, 0.5) is 5.13 Å². The molecule has 0 aliphatic rings. The van der Waals surface area contributed by atoms with E-state index in [1.165, 1.54) is 5.56 Å². The molecule has 138 valence electrons. The third kappa shape index (κ3) is 8.04. The summed E-state index contributed by atoms with van der Waals surface area (Å²) in [6.07, 6.45) is 2.15. The fraction of sp³-hybridized carbons (Fsp3) is 0.444. The molecule has 1 aromatic heterocycles. The second kappa shape index (κ2) is 12.1. The van der Waals surface area contributed by atoms with Crippen LogP contribution in [0.2, 0.25) is 0 Å². The number of aliphatic imine (C=N–C) groups is 1. The summed E-state index contributed by atoms with van der Waals surface area (Å²) < 4.78 is 0. The highest BCUT2D eigenvalue weighted by Gasteiger charge is 2.04. The Hall–Kier alpha value is -1.35. The maximum atomic E-state index is 4.62. The monoisotopic (exact) mass is 473 g/mol. The van der Waals surface area contributed by atoms with Crippen LogP contribution >= 0.6 is 35.3 Å². The van der Waals surface area contributed by atoms with E-state index in [4.69, 9.17) is 0 Å². The van der Waals surface area contributed by atoms with Gasteiger partial charge in [0, 0.05) is 32.6 Å². The summed E-state index contributed by atoms with van der Waals surface area (Å²) in [7, 11) is 4.01. The molecule has 0 radical (unpaired) electrons. The Morgan fingerprint density at radius 1 is 1.20 bits per heavy atom. The summed E-state index contributed by atoms with van der Waals surface area (Å²) in [5.74, 6) is 0.852. The number of nitrogens with one attached hydrogen (secondary N) is 2. The third-order valence-electron chi connectivity index (χ3n) is 3.44.